The fourth-order valence-corrected chi connectivity index (χ4v) is 3.48. The van der Waals surface area contributed by atoms with E-state index < -0.39 is 11.2 Å². The van der Waals surface area contributed by atoms with Gasteiger partial charge in [-0.05, 0) is 45.0 Å². The molecule has 0 saturated heterocycles. The Bertz CT molecular complexity index is 960. The van der Waals surface area contributed by atoms with Crippen molar-refractivity contribution < 1.29 is 14.3 Å². The summed E-state index contributed by atoms with van der Waals surface area (Å²) in [7, 11) is 0. The Labute approximate surface area is 177 Å². The number of nitriles is 1. The predicted molar refractivity (Wildman–Crippen MR) is 110 cm³/mol. The second-order valence-electron chi connectivity index (χ2n) is 5.68. The molecule has 1 atom stereocenters. The summed E-state index contributed by atoms with van der Waals surface area (Å²) < 4.78 is 4.97. The first-order valence-corrected chi connectivity index (χ1v) is 9.91. The van der Waals surface area contributed by atoms with Crippen LogP contribution >= 0.6 is 35.0 Å². The van der Waals surface area contributed by atoms with Gasteiger partial charge in [0.05, 0.1) is 39.4 Å². The van der Waals surface area contributed by atoms with E-state index in [9.17, 15) is 14.9 Å². The van der Waals surface area contributed by atoms with Crippen molar-refractivity contribution in [3.63, 3.8) is 0 Å². The van der Waals surface area contributed by atoms with Gasteiger partial charge in [-0.2, -0.15) is 5.26 Å². The number of carbonyl (C=O) groups excluding carboxylic acids is 2. The molecule has 1 unspecified atom stereocenters. The maximum absolute atomic E-state index is 12.5. The molecule has 0 aliphatic rings. The van der Waals surface area contributed by atoms with Crippen molar-refractivity contribution in [1.29, 1.82) is 5.26 Å². The molecule has 0 bridgehead atoms. The summed E-state index contributed by atoms with van der Waals surface area (Å²) in [4.78, 5) is 28.8. The van der Waals surface area contributed by atoms with Crippen LogP contribution in [0.25, 0.3) is 0 Å². The minimum absolute atomic E-state index is 0.194. The number of hydrogen-bond donors (Lipinski definition) is 1. The smallest absolute Gasteiger partial charge is 0.340 e. The molecule has 0 spiro atoms. The average Bonchev–Trinajstić information content (AvgIpc) is 2.65. The van der Waals surface area contributed by atoms with Gasteiger partial charge in [0.2, 0.25) is 5.91 Å². The Hall–Kier alpha value is -2.27. The van der Waals surface area contributed by atoms with E-state index in [0.717, 1.165) is 11.8 Å². The number of ether oxygens (including phenoxy) is 1. The standard InChI is InChI=1S/C19H17Cl2N3O3S/c1-4-27-19(26)14-7-12(9-22)18(23-10(14)2)28-11(3)17(25)24-16-8-13(20)5-6-15(16)21/h5-8,11H,4H2,1-3H3,(H,24,25). The third-order valence-electron chi connectivity index (χ3n) is 3.64. The predicted octanol–water partition coefficient (Wildman–Crippen LogP) is 4.86. The lowest BCUT2D eigenvalue weighted by Gasteiger charge is -2.14. The number of anilines is 1. The average molecular weight is 438 g/mol. The monoisotopic (exact) mass is 437 g/mol. The molecule has 0 aliphatic heterocycles. The number of amides is 1. The summed E-state index contributed by atoms with van der Waals surface area (Å²) in [5.74, 6) is -0.867. The van der Waals surface area contributed by atoms with E-state index in [-0.39, 0.29) is 23.6 Å². The van der Waals surface area contributed by atoms with Gasteiger partial charge < -0.3 is 10.1 Å². The fraction of sp³-hybridized carbons (Fsp3) is 0.263. The molecule has 0 saturated carbocycles. The molecule has 2 rings (SSSR count). The largest absolute Gasteiger partial charge is 0.462 e. The van der Waals surface area contributed by atoms with Crippen LogP contribution in [0.3, 0.4) is 0 Å². The van der Waals surface area contributed by atoms with Crippen molar-refractivity contribution in [3.05, 3.63) is 51.1 Å². The van der Waals surface area contributed by atoms with Crippen molar-refractivity contribution in [3.8, 4) is 6.07 Å². The molecule has 0 radical (unpaired) electrons. The molecule has 2 aromatic rings. The molecule has 0 aliphatic carbocycles. The summed E-state index contributed by atoms with van der Waals surface area (Å²) >= 11 is 13.1. The Balaban J connectivity index is 2.21. The number of pyridine rings is 1. The first-order chi connectivity index (χ1) is 13.3. The minimum Gasteiger partial charge on any atom is -0.462 e. The van der Waals surface area contributed by atoms with E-state index in [1.807, 2.05) is 6.07 Å². The molecule has 0 fully saturated rings. The van der Waals surface area contributed by atoms with Crippen LogP contribution in [0.4, 0.5) is 5.69 Å². The highest BCUT2D eigenvalue weighted by molar-refractivity contribution is 8.00. The van der Waals surface area contributed by atoms with E-state index in [0.29, 0.717) is 26.5 Å². The summed E-state index contributed by atoms with van der Waals surface area (Å²) in [6, 6.07) is 8.20. The zero-order chi connectivity index (χ0) is 20.8. The van der Waals surface area contributed by atoms with Gasteiger partial charge in [-0.15, -0.1) is 0 Å². The molecule has 6 nitrogen and oxygen atoms in total. The number of rotatable bonds is 6. The Morgan fingerprint density at radius 1 is 1.36 bits per heavy atom. The van der Waals surface area contributed by atoms with E-state index in [1.165, 1.54) is 6.07 Å². The first-order valence-electron chi connectivity index (χ1n) is 8.28. The Morgan fingerprint density at radius 3 is 2.71 bits per heavy atom. The second-order valence-corrected chi connectivity index (χ2v) is 7.85. The van der Waals surface area contributed by atoms with Crippen LogP contribution in [0.15, 0.2) is 29.3 Å². The van der Waals surface area contributed by atoms with Crippen molar-refractivity contribution in [1.82, 2.24) is 4.98 Å². The van der Waals surface area contributed by atoms with Crippen LogP contribution in [0.1, 0.15) is 35.5 Å². The SMILES string of the molecule is CCOC(=O)c1cc(C#N)c(SC(C)C(=O)Nc2cc(Cl)ccc2Cl)nc1C. The van der Waals surface area contributed by atoms with Gasteiger partial charge in [-0.3, -0.25) is 4.79 Å². The van der Waals surface area contributed by atoms with Crippen LogP contribution in [-0.2, 0) is 9.53 Å². The maximum atomic E-state index is 12.5. The van der Waals surface area contributed by atoms with E-state index in [1.54, 1.807) is 39.0 Å². The molecule has 1 aromatic heterocycles. The molecule has 1 aromatic carbocycles. The molecule has 1 amide bonds. The molecular formula is C19H17Cl2N3O3S. The van der Waals surface area contributed by atoms with Gasteiger partial charge in [-0.1, -0.05) is 35.0 Å². The number of aromatic nitrogens is 1. The number of thioether (sulfide) groups is 1. The fourth-order valence-electron chi connectivity index (χ4n) is 2.22. The number of esters is 1. The second kappa shape index (κ2) is 9.78. The summed E-state index contributed by atoms with van der Waals surface area (Å²) in [6.07, 6.45) is 0. The molecule has 1 heterocycles. The van der Waals surface area contributed by atoms with Gasteiger partial charge in [-0.25, -0.2) is 9.78 Å². The van der Waals surface area contributed by atoms with E-state index in [2.05, 4.69) is 10.3 Å². The number of aryl methyl sites for hydroxylation is 1. The van der Waals surface area contributed by atoms with Crippen molar-refractivity contribution in [2.75, 3.05) is 11.9 Å². The highest BCUT2D eigenvalue weighted by Crippen LogP contribution is 2.30. The topological polar surface area (TPSA) is 92.1 Å². The van der Waals surface area contributed by atoms with Crippen molar-refractivity contribution in [2.24, 2.45) is 0 Å². The zero-order valence-electron chi connectivity index (χ0n) is 15.4. The number of carbonyl (C=O) groups is 2. The number of hydrogen-bond acceptors (Lipinski definition) is 6. The van der Waals surface area contributed by atoms with Gasteiger partial charge in [0.25, 0.3) is 0 Å². The van der Waals surface area contributed by atoms with Crippen LogP contribution < -0.4 is 5.32 Å². The maximum Gasteiger partial charge on any atom is 0.340 e. The third kappa shape index (κ3) is 5.38. The van der Waals surface area contributed by atoms with Crippen LogP contribution in [0.5, 0.6) is 0 Å². The van der Waals surface area contributed by atoms with Crippen LogP contribution in [-0.4, -0.2) is 28.7 Å². The third-order valence-corrected chi connectivity index (χ3v) is 5.30. The lowest BCUT2D eigenvalue weighted by molar-refractivity contribution is -0.115. The van der Waals surface area contributed by atoms with Gasteiger partial charge in [0.1, 0.15) is 11.1 Å². The van der Waals surface area contributed by atoms with E-state index in [4.69, 9.17) is 27.9 Å². The zero-order valence-corrected chi connectivity index (χ0v) is 17.7. The Morgan fingerprint density at radius 2 is 2.07 bits per heavy atom. The molecule has 146 valence electrons. The van der Waals surface area contributed by atoms with Gasteiger partial charge >= 0.3 is 5.97 Å². The van der Waals surface area contributed by atoms with E-state index >= 15 is 0 Å². The van der Waals surface area contributed by atoms with Gasteiger partial charge in [0.15, 0.2) is 0 Å². The Kier molecular flexibility index (Phi) is 7.69. The van der Waals surface area contributed by atoms with Crippen LogP contribution in [0.2, 0.25) is 10.0 Å². The highest BCUT2D eigenvalue weighted by atomic mass is 35.5. The lowest BCUT2D eigenvalue weighted by atomic mass is 10.1. The molecule has 1 N–H and O–H groups in total. The van der Waals surface area contributed by atoms with Crippen LogP contribution in [0, 0.1) is 18.3 Å². The first kappa shape index (κ1) is 22.0. The number of halogens is 2. The number of nitrogens with one attached hydrogen (secondary N) is 1. The molecule has 28 heavy (non-hydrogen) atoms. The number of nitrogens with zero attached hydrogens (tertiary/aromatic N) is 2. The minimum atomic E-state index is -0.581. The lowest BCUT2D eigenvalue weighted by Crippen LogP contribution is -2.23. The normalized spacial score (nSPS) is 11.4. The van der Waals surface area contributed by atoms with Crippen molar-refractivity contribution >= 4 is 52.5 Å². The quantitative estimate of drug-likeness (QED) is 0.511. The van der Waals surface area contributed by atoms with Crippen molar-refractivity contribution in [2.45, 2.75) is 31.0 Å². The summed E-state index contributed by atoms with van der Waals surface area (Å²) in [5.41, 5.74) is 1.24. The highest BCUT2D eigenvalue weighted by Gasteiger charge is 2.21. The number of benzene rings is 1. The molecular weight excluding hydrogens is 421 g/mol. The summed E-state index contributed by atoms with van der Waals surface area (Å²) in [6.45, 7) is 5.24. The van der Waals surface area contributed by atoms with Gasteiger partial charge in [0, 0.05) is 5.02 Å². The molecule has 9 heteroatoms. The summed E-state index contributed by atoms with van der Waals surface area (Å²) in [5, 5.41) is 12.7.